The molecule has 0 fully saturated rings. The van der Waals surface area contributed by atoms with Gasteiger partial charge in [-0.3, -0.25) is 0 Å². The molecule has 108 valence electrons. The summed E-state index contributed by atoms with van der Waals surface area (Å²) in [6.07, 6.45) is 0.803. The van der Waals surface area contributed by atoms with Gasteiger partial charge >= 0.3 is 0 Å². The lowest BCUT2D eigenvalue weighted by Gasteiger charge is -2.15. The molecule has 21 heavy (non-hydrogen) atoms. The largest absolute Gasteiger partial charge is 0.460 e. The first-order valence-corrected chi connectivity index (χ1v) is 7.21. The molecule has 0 radical (unpaired) electrons. The Hall–Kier alpha value is -2.10. The van der Waals surface area contributed by atoms with E-state index in [-0.39, 0.29) is 12.6 Å². The summed E-state index contributed by atoms with van der Waals surface area (Å²) >= 11 is 0. The van der Waals surface area contributed by atoms with Gasteiger partial charge in [-0.1, -0.05) is 48.5 Å². The highest BCUT2D eigenvalue weighted by Crippen LogP contribution is 2.18. The van der Waals surface area contributed by atoms with E-state index in [2.05, 4.69) is 17.4 Å². The third-order valence-electron chi connectivity index (χ3n) is 3.59. The monoisotopic (exact) mass is 281 g/mol. The molecule has 2 aromatic carbocycles. The number of benzene rings is 2. The van der Waals surface area contributed by atoms with Gasteiger partial charge in [0.05, 0.1) is 13.2 Å². The third kappa shape index (κ3) is 3.51. The van der Waals surface area contributed by atoms with Crippen LogP contribution in [0.4, 0.5) is 0 Å². The molecule has 0 aliphatic rings. The summed E-state index contributed by atoms with van der Waals surface area (Å²) in [7, 11) is 0. The van der Waals surface area contributed by atoms with Crippen LogP contribution in [0.15, 0.2) is 65.1 Å². The summed E-state index contributed by atoms with van der Waals surface area (Å²) in [5.41, 5.74) is 2.12. The van der Waals surface area contributed by atoms with Crippen LogP contribution in [0.2, 0.25) is 0 Å². The molecule has 1 aromatic heterocycles. The number of furan rings is 1. The summed E-state index contributed by atoms with van der Waals surface area (Å²) in [6.45, 7) is 0.724. The first-order chi connectivity index (χ1) is 10.3. The molecular formula is C18H19NO2. The van der Waals surface area contributed by atoms with Crippen LogP contribution in [0.1, 0.15) is 11.3 Å². The topological polar surface area (TPSA) is 45.4 Å². The fourth-order valence-electron chi connectivity index (χ4n) is 2.47. The van der Waals surface area contributed by atoms with Crippen LogP contribution < -0.4 is 5.32 Å². The van der Waals surface area contributed by atoms with E-state index in [1.165, 1.54) is 5.56 Å². The number of rotatable bonds is 6. The fourth-order valence-corrected chi connectivity index (χ4v) is 2.47. The molecule has 1 atom stereocenters. The Morgan fingerprint density at radius 2 is 1.76 bits per heavy atom. The summed E-state index contributed by atoms with van der Waals surface area (Å²) < 4.78 is 5.77. The summed E-state index contributed by atoms with van der Waals surface area (Å²) in [4.78, 5) is 0. The lowest BCUT2D eigenvalue weighted by molar-refractivity contribution is 0.238. The van der Waals surface area contributed by atoms with Gasteiger partial charge in [-0.15, -0.1) is 0 Å². The molecule has 0 bridgehead atoms. The zero-order valence-electron chi connectivity index (χ0n) is 11.8. The van der Waals surface area contributed by atoms with E-state index in [0.717, 1.165) is 23.2 Å². The van der Waals surface area contributed by atoms with Crippen molar-refractivity contribution in [3.63, 3.8) is 0 Å². The number of nitrogens with one attached hydrogen (secondary N) is 1. The third-order valence-corrected chi connectivity index (χ3v) is 3.59. The van der Waals surface area contributed by atoms with Crippen LogP contribution in [0.3, 0.4) is 0 Å². The van der Waals surface area contributed by atoms with Gasteiger partial charge in [0.25, 0.3) is 0 Å². The van der Waals surface area contributed by atoms with Gasteiger partial charge < -0.3 is 14.8 Å². The van der Waals surface area contributed by atoms with E-state index < -0.39 is 0 Å². The lowest BCUT2D eigenvalue weighted by Crippen LogP contribution is -2.33. The molecule has 3 heteroatoms. The molecule has 3 nitrogen and oxygen atoms in total. The minimum atomic E-state index is 0.0283. The highest BCUT2D eigenvalue weighted by molar-refractivity contribution is 5.77. The smallest absolute Gasteiger partial charge is 0.134 e. The maximum Gasteiger partial charge on any atom is 0.134 e. The van der Waals surface area contributed by atoms with Crippen LogP contribution in [0.5, 0.6) is 0 Å². The van der Waals surface area contributed by atoms with E-state index in [1.54, 1.807) is 0 Å². The first kappa shape index (κ1) is 13.9. The summed E-state index contributed by atoms with van der Waals surface area (Å²) in [6, 6.07) is 20.2. The molecule has 2 N–H and O–H groups in total. The highest BCUT2D eigenvalue weighted by Gasteiger charge is 2.09. The van der Waals surface area contributed by atoms with Crippen LogP contribution in [-0.2, 0) is 13.0 Å². The summed E-state index contributed by atoms with van der Waals surface area (Å²) in [5, 5.41) is 14.0. The maximum atomic E-state index is 9.51. The molecule has 0 saturated heterocycles. The lowest BCUT2D eigenvalue weighted by atomic mass is 10.1. The van der Waals surface area contributed by atoms with E-state index in [4.69, 9.17) is 4.42 Å². The van der Waals surface area contributed by atoms with Crippen molar-refractivity contribution in [2.24, 2.45) is 0 Å². The van der Waals surface area contributed by atoms with Crippen LogP contribution in [-0.4, -0.2) is 17.8 Å². The van der Waals surface area contributed by atoms with Crippen molar-refractivity contribution in [2.45, 2.75) is 19.0 Å². The SMILES string of the molecule is OC[C@H](Cc1ccccc1)NCc1cc2ccccc2o1. The number of fused-ring (bicyclic) bond motifs is 1. The number of hydrogen-bond donors (Lipinski definition) is 2. The normalized spacial score (nSPS) is 12.6. The van der Waals surface area contributed by atoms with Gasteiger partial charge in [-0.2, -0.15) is 0 Å². The van der Waals surface area contributed by atoms with Crippen molar-refractivity contribution >= 4 is 11.0 Å². The molecule has 0 aliphatic heterocycles. The Morgan fingerprint density at radius 1 is 1.00 bits per heavy atom. The van der Waals surface area contributed by atoms with Crippen molar-refractivity contribution < 1.29 is 9.52 Å². The number of para-hydroxylation sites is 1. The van der Waals surface area contributed by atoms with Crippen LogP contribution >= 0.6 is 0 Å². The fraction of sp³-hybridized carbons (Fsp3) is 0.222. The Morgan fingerprint density at radius 3 is 2.52 bits per heavy atom. The van der Waals surface area contributed by atoms with Crippen molar-refractivity contribution in [1.29, 1.82) is 0 Å². The second kappa shape index (κ2) is 6.57. The van der Waals surface area contributed by atoms with Gasteiger partial charge in [0, 0.05) is 11.4 Å². The maximum absolute atomic E-state index is 9.51. The molecule has 1 heterocycles. The Labute approximate surface area is 124 Å². The molecule has 3 rings (SSSR count). The second-order valence-corrected chi connectivity index (χ2v) is 5.20. The zero-order chi connectivity index (χ0) is 14.5. The standard InChI is InChI=1S/C18H19NO2/c20-13-16(10-14-6-2-1-3-7-14)19-12-17-11-15-8-4-5-9-18(15)21-17/h1-9,11,16,19-20H,10,12-13H2/t16-/m0/s1. The molecule has 0 saturated carbocycles. The Kier molecular flexibility index (Phi) is 4.34. The molecule has 0 spiro atoms. The predicted molar refractivity (Wildman–Crippen MR) is 84.1 cm³/mol. The van der Waals surface area contributed by atoms with Crippen molar-refractivity contribution in [1.82, 2.24) is 5.32 Å². The molecule has 0 aliphatic carbocycles. The van der Waals surface area contributed by atoms with Crippen LogP contribution in [0.25, 0.3) is 11.0 Å². The van der Waals surface area contributed by atoms with Crippen LogP contribution in [0, 0.1) is 0 Å². The average Bonchev–Trinajstić information content (AvgIpc) is 2.95. The Bertz CT molecular complexity index is 658. The zero-order valence-corrected chi connectivity index (χ0v) is 11.8. The minimum Gasteiger partial charge on any atom is -0.460 e. The van der Waals surface area contributed by atoms with Gasteiger partial charge in [0.1, 0.15) is 11.3 Å². The van der Waals surface area contributed by atoms with Gasteiger partial charge in [0.15, 0.2) is 0 Å². The predicted octanol–water partition coefficient (Wildman–Crippen LogP) is 3.13. The van der Waals surface area contributed by atoms with E-state index in [0.29, 0.717) is 6.54 Å². The molecular weight excluding hydrogens is 262 g/mol. The Balaban J connectivity index is 1.62. The molecule has 0 unspecified atom stereocenters. The van der Waals surface area contributed by atoms with Gasteiger partial charge in [-0.25, -0.2) is 0 Å². The number of aliphatic hydroxyl groups is 1. The second-order valence-electron chi connectivity index (χ2n) is 5.20. The van der Waals surface area contributed by atoms with Crippen molar-refractivity contribution in [3.8, 4) is 0 Å². The van der Waals surface area contributed by atoms with E-state index >= 15 is 0 Å². The van der Waals surface area contributed by atoms with E-state index in [9.17, 15) is 5.11 Å². The molecule has 0 amide bonds. The average molecular weight is 281 g/mol. The van der Waals surface area contributed by atoms with Gasteiger partial charge in [0.2, 0.25) is 0 Å². The minimum absolute atomic E-state index is 0.0283. The molecule has 3 aromatic rings. The van der Waals surface area contributed by atoms with Gasteiger partial charge in [-0.05, 0) is 24.1 Å². The first-order valence-electron chi connectivity index (χ1n) is 7.21. The summed E-state index contributed by atoms with van der Waals surface area (Å²) in [5.74, 6) is 0.891. The number of aliphatic hydroxyl groups excluding tert-OH is 1. The van der Waals surface area contributed by atoms with E-state index in [1.807, 2.05) is 48.5 Å². The quantitative estimate of drug-likeness (QED) is 0.729. The van der Waals surface area contributed by atoms with Crippen molar-refractivity contribution in [3.05, 3.63) is 72.0 Å². The highest BCUT2D eigenvalue weighted by atomic mass is 16.3. The number of hydrogen-bond acceptors (Lipinski definition) is 3. The van der Waals surface area contributed by atoms with Crippen molar-refractivity contribution in [2.75, 3.05) is 6.61 Å².